The van der Waals surface area contributed by atoms with Gasteiger partial charge < -0.3 is 0 Å². The van der Waals surface area contributed by atoms with Crippen LogP contribution in [0.3, 0.4) is 0 Å². The van der Waals surface area contributed by atoms with E-state index in [2.05, 4.69) is 13.8 Å². The lowest BCUT2D eigenvalue weighted by Gasteiger charge is -2.12. The van der Waals surface area contributed by atoms with Crippen molar-refractivity contribution < 1.29 is 9.18 Å². The van der Waals surface area contributed by atoms with E-state index in [4.69, 9.17) is 11.6 Å². The first kappa shape index (κ1) is 20.8. The molecule has 2 rings (SSSR count). The summed E-state index contributed by atoms with van der Waals surface area (Å²) in [5.74, 6) is 1.32. The number of rotatable bonds is 8. The maximum absolute atomic E-state index is 13.3. The highest BCUT2D eigenvalue weighted by atomic mass is 35.5. The van der Waals surface area contributed by atoms with Gasteiger partial charge in [-0.2, -0.15) is 0 Å². The highest BCUT2D eigenvalue weighted by Crippen LogP contribution is 2.36. The fourth-order valence-corrected chi connectivity index (χ4v) is 4.67. The molecule has 26 heavy (non-hydrogen) atoms. The van der Waals surface area contributed by atoms with Crippen molar-refractivity contribution in [2.45, 2.75) is 13.8 Å². The number of thioether (sulfide) groups is 2. The van der Waals surface area contributed by atoms with Gasteiger partial charge in [-0.05, 0) is 53.0 Å². The summed E-state index contributed by atoms with van der Waals surface area (Å²) < 4.78 is 14.3. The van der Waals surface area contributed by atoms with Crippen LogP contribution >= 0.6 is 35.1 Å². The molecule has 0 N–H and O–H groups in total. The van der Waals surface area contributed by atoms with Crippen LogP contribution in [0.2, 0.25) is 5.02 Å². The molecule has 1 nitrogen and oxygen atoms in total. The van der Waals surface area contributed by atoms with Gasteiger partial charge in [0, 0.05) is 10.6 Å². The second-order valence-electron chi connectivity index (χ2n) is 5.28. The van der Waals surface area contributed by atoms with Gasteiger partial charge in [-0.3, -0.25) is 4.79 Å². The van der Waals surface area contributed by atoms with Crippen molar-refractivity contribution in [3.63, 3.8) is 0 Å². The molecular weight excluding hydrogens is 387 g/mol. The number of halogens is 2. The smallest absolute Gasteiger partial charge is 0.188 e. The van der Waals surface area contributed by atoms with Crippen LogP contribution in [-0.4, -0.2) is 17.3 Å². The number of allylic oxidation sites excluding steroid dienone is 2. The minimum Gasteiger partial charge on any atom is -0.289 e. The van der Waals surface area contributed by atoms with Gasteiger partial charge in [-0.25, -0.2) is 4.39 Å². The van der Waals surface area contributed by atoms with Gasteiger partial charge in [0.05, 0.1) is 4.24 Å². The van der Waals surface area contributed by atoms with E-state index in [1.54, 1.807) is 59.9 Å². The molecule has 0 radical (unpaired) electrons. The minimum absolute atomic E-state index is 0.0940. The lowest BCUT2D eigenvalue weighted by Crippen LogP contribution is -2.01. The molecule has 0 aliphatic carbocycles. The van der Waals surface area contributed by atoms with E-state index in [9.17, 15) is 9.18 Å². The summed E-state index contributed by atoms with van der Waals surface area (Å²) in [5, 5.41) is 0.654. The largest absolute Gasteiger partial charge is 0.289 e. The first-order chi connectivity index (χ1) is 12.5. The van der Waals surface area contributed by atoms with Crippen molar-refractivity contribution in [3.8, 4) is 0 Å². The zero-order chi connectivity index (χ0) is 18.9. The third-order valence-electron chi connectivity index (χ3n) is 3.43. The van der Waals surface area contributed by atoms with Gasteiger partial charge in [0.25, 0.3) is 0 Å². The molecule has 2 aromatic rings. The maximum atomic E-state index is 13.3. The topological polar surface area (TPSA) is 17.1 Å². The summed E-state index contributed by atoms with van der Waals surface area (Å²) in [5.41, 5.74) is 2.25. The molecule has 136 valence electrons. The number of hydrogen-bond donors (Lipinski definition) is 0. The Balaban J connectivity index is 2.41. The molecule has 0 saturated heterocycles. The molecule has 5 heteroatoms. The molecule has 0 bridgehead atoms. The molecule has 0 unspecified atom stereocenters. The van der Waals surface area contributed by atoms with Crippen LogP contribution in [-0.2, 0) is 4.79 Å². The Kier molecular flexibility index (Phi) is 8.49. The predicted octanol–water partition coefficient (Wildman–Crippen LogP) is 6.94. The summed E-state index contributed by atoms with van der Waals surface area (Å²) in [6.45, 7) is 4.11. The number of hydrogen-bond acceptors (Lipinski definition) is 3. The lowest BCUT2D eigenvalue weighted by molar-refractivity contribution is -0.109. The molecular formula is C21H20ClFOS2. The van der Waals surface area contributed by atoms with Gasteiger partial charge >= 0.3 is 0 Å². The Morgan fingerprint density at radius 3 is 2.12 bits per heavy atom. The Hall–Kier alpha value is -1.49. The predicted molar refractivity (Wildman–Crippen MR) is 115 cm³/mol. The number of carbonyl (C=O) groups is 1. The van der Waals surface area contributed by atoms with Crippen LogP contribution in [0.15, 0.2) is 58.8 Å². The van der Waals surface area contributed by atoms with E-state index in [-0.39, 0.29) is 11.6 Å². The van der Waals surface area contributed by atoms with Crippen LogP contribution in [0.4, 0.5) is 4.39 Å². The van der Waals surface area contributed by atoms with Crippen LogP contribution in [0.1, 0.15) is 25.0 Å². The highest BCUT2D eigenvalue weighted by Gasteiger charge is 2.16. The van der Waals surface area contributed by atoms with Crippen LogP contribution in [0.25, 0.3) is 11.6 Å². The third kappa shape index (κ3) is 6.04. The Morgan fingerprint density at radius 2 is 1.58 bits per heavy atom. The van der Waals surface area contributed by atoms with E-state index in [1.165, 1.54) is 12.1 Å². The van der Waals surface area contributed by atoms with Gasteiger partial charge in [0.1, 0.15) is 5.82 Å². The first-order valence-corrected chi connectivity index (χ1v) is 10.6. The lowest BCUT2D eigenvalue weighted by atomic mass is 10.0. The van der Waals surface area contributed by atoms with Gasteiger partial charge in [-0.15, -0.1) is 23.5 Å². The molecule has 0 fully saturated rings. The van der Waals surface area contributed by atoms with Crippen LogP contribution in [0.5, 0.6) is 0 Å². The molecule has 0 aliphatic heterocycles. The summed E-state index contributed by atoms with van der Waals surface area (Å²) in [7, 11) is 0. The van der Waals surface area contributed by atoms with E-state index in [1.807, 2.05) is 12.1 Å². The monoisotopic (exact) mass is 406 g/mol. The molecule has 0 saturated carbocycles. The van der Waals surface area contributed by atoms with E-state index >= 15 is 0 Å². The Morgan fingerprint density at radius 1 is 1.00 bits per heavy atom. The Labute approximate surface area is 167 Å². The SMILES string of the molecule is CCSC(SCC)=C(C(=O)/C=C/c1ccc(Cl)cc1)c1ccc(F)cc1. The molecule has 0 amide bonds. The zero-order valence-corrected chi connectivity index (χ0v) is 17.1. The van der Waals surface area contributed by atoms with Crippen molar-refractivity contribution in [3.05, 3.63) is 80.8 Å². The average Bonchev–Trinajstić information content (AvgIpc) is 2.63. The van der Waals surface area contributed by atoms with Crippen LogP contribution in [0, 0.1) is 5.82 Å². The highest BCUT2D eigenvalue weighted by molar-refractivity contribution is 8.22. The number of carbonyl (C=O) groups excluding carboxylic acids is 1. The van der Waals surface area contributed by atoms with Gasteiger partial charge in [0.2, 0.25) is 0 Å². The fourth-order valence-electron chi connectivity index (χ4n) is 2.25. The van der Waals surface area contributed by atoms with Gasteiger partial charge in [0.15, 0.2) is 5.78 Å². The standard InChI is InChI=1S/C21H20ClFOS2/c1-3-25-21(26-4-2)20(16-8-12-18(23)13-9-16)19(24)14-7-15-5-10-17(22)11-6-15/h5-14H,3-4H2,1-2H3/b14-7+. The van der Waals surface area contributed by atoms with Crippen molar-refractivity contribution in [2.24, 2.45) is 0 Å². The minimum atomic E-state index is -0.315. The summed E-state index contributed by atoms with van der Waals surface area (Å²) in [6, 6.07) is 13.4. The zero-order valence-electron chi connectivity index (χ0n) is 14.7. The quantitative estimate of drug-likeness (QED) is 0.442. The van der Waals surface area contributed by atoms with Crippen LogP contribution < -0.4 is 0 Å². The molecule has 0 atom stereocenters. The summed E-state index contributed by atoms with van der Waals surface area (Å²) >= 11 is 9.17. The third-order valence-corrected chi connectivity index (χ3v) is 5.90. The first-order valence-electron chi connectivity index (χ1n) is 8.29. The molecule has 2 aromatic carbocycles. The molecule has 0 spiro atoms. The second kappa shape index (κ2) is 10.6. The normalized spacial score (nSPS) is 10.9. The second-order valence-corrected chi connectivity index (χ2v) is 8.53. The van der Waals surface area contributed by atoms with E-state index in [0.717, 1.165) is 26.9 Å². The van der Waals surface area contributed by atoms with E-state index in [0.29, 0.717) is 10.6 Å². The fraction of sp³-hybridized carbons (Fsp3) is 0.190. The van der Waals surface area contributed by atoms with Crippen molar-refractivity contribution >= 4 is 52.6 Å². The van der Waals surface area contributed by atoms with E-state index < -0.39 is 0 Å². The molecule has 0 aliphatic rings. The summed E-state index contributed by atoms with van der Waals surface area (Å²) in [4.78, 5) is 13.0. The molecule has 0 heterocycles. The van der Waals surface area contributed by atoms with Crippen molar-refractivity contribution in [2.75, 3.05) is 11.5 Å². The van der Waals surface area contributed by atoms with Crippen molar-refractivity contribution in [1.29, 1.82) is 0 Å². The average molecular weight is 407 g/mol. The number of benzene rings is 2. The number of ketones is 1. The molecule has 0 aromatic heterocycles. The van der Waals surface area contributed by atoms with Crippen molar-refractivity contribution in [1.82, 2.24) is 0 Å². The summed E-state index contributed by atoms with van der Waals surface area (Å²) in [6.07, 6.45) is 3.33. The Bertz CT molecular complexity index is 788. The maximum Gasteiger partial charge on any atom is 0.188 e. The van der Waals surface area contributed by atoms with Gasteiger partial charge in [-0.1, -0.05) is 55.8 Å².